The molecule has 2 fully saturated rings. The lowest BCUT2D eigenvalue weighted by Crippen LogP contribution is -2.50. The summed E-state index contributed by atoms with van der Waals surface area (Å²) in [5.74, 6) is 1.80. The molecule has 1 heterocycles. The zero-order chi connectivity index (χ0) is 20.0. The third-order valence-corrected chi connectivity index (χ3v) is 6.46. The van der Waals surface area contributed by atoms with Crippen molar-refractivity contribution in [2.24, 2.45) is 0 Å². The molecule has 1 saturated heterocycles. The fourth-order valence-corrected chi connectivity index (χ4v) is 4.70. The van der Waals surface area contributed by atoms with Crippen LogP contribution >= 0.6 is 11.8 Å². The van der Waals surface area contributed by atoms with Crippen molar-refractivity contribution in [2.45, 2.75) is 44.6 Å². The number of benzene rings is 1. The van der Waals surface area contributed by atoms with Gasteiger partial charge in [0.25, 0.3) is 5.91 Å². The quantitative estimate of drug-likeness (QED) is 0.794. The molecule has 0 spiro atoms. The molecule has 1 aliphatic heterocycles. The molecule has 7 heteroatoms. The van der Waals surface area contributed by atoms with Gasteiger partial charge in [0.1, 0.15) is 5.54 Å². The van der Waals surface area contributed by atoms with Gasteiger partial charge in [-0.05, 0) is 37.5 Å². The molecule has 1 aliphatic carbocycles. The van der Waals surface area contributed by atoms with Gasteiger partial charge >= 0.3 is 0 Å². The summed E-state index contributed by atoms with van der Waals surface area (Å²) in [7, 11) is 0. The lowest BCUT2D eigenvalue weighted by molar-refractivity contribution is -0.121. The number of nitrogens with one attached hydrogen (secondary N) is 2. The van der Waals surface area contributed by atoms with Crippen LogP contribution in [0.1, 0.15) is 48.0 Å². The van der Waals surface area contributed by atoms with Gasteiger partial charge in [0.05, 0.1) is 12.6 Å². The van der Waals surface area contributed by atoms with Crippen LogP contribution in [-0.2, 0) is 4.79 Å². The van der Waals surface area contributed by atoms with Crippen molar-refractivity contribution >= 4 is 29.3 Å². The number of carbonyl (C=O) groups excluding carboxylic acids is 2. The Kier molecular flexibility index (Phi) is 6.84. The Bertz CT molecular complexity index is 762. The largest absolute Gasteiger partial charge is 0.376 e. The minimum Gasteiger partial charge on any atom is -0.376 e. The van der Waals surface area contributed by atoms with Gasteiger partial charge in [0, 0.05) is 35.8 Å². The first-order valence-electron chi connectivity index (χ1n) is 9.97. The summed E-state index contributed by atoms with van der Waals surface area (Å²) in [6.45, 7) is 3.59. The molecule has 0 atom stereocenters. The van der Waals surface area contributed by atoms with E-state index in [4.69, 9.17) is 0 Å². The topological polar surface area (TPSA) is 85.2 Å². The standard InChI is InChI=1S/C21H28N4O2S/c1-16-5-6-17(20(27)25-9-11-28-12-10-25)13-18(16)23-14-19(26)24-21(15-22)7-3-2-4-8-21/h5-6,13,23H,2-4,7-12,14H2,1H3,(H,24,26). The highest BCUT2D eigenvalue weighted by Gasteiger charge is 2.33. The second-order valence-corrected chi connectivity index (χ2v) is 8.82. The number of hydrogen-bond donors (Lipinski definition) is 2. The van der Waals surface area contributed by atoms with Crippen molar-refractivity contribution in [3.05, 3.63) is 29.3 Å². The monoisotopic (exact) mass is 400 g/mol. The first kappa shape index (κ1) is 20.5. The maximum absolute atomic E-state index is 12.7. The fraction of sp³-hybridized carbons (Fsp3) is 0.571. The molecule has 3 rings (SSSR count). The van der Waals surface area contributed by atoms with E-state index >= 15 is 0 Å². The molecule has 0 unspecified atom stereocenters. The summed E-state index contributed by atoms with van der Waals surface area (Å²) in [5.41, 5.74) is 1.67. The maximum atomic E-state index is 12.7. The summed E-state index contributed by atoms with van der Waals surface area (Å²) in [5, 5.41) is 15.6. The van der Waals surface area contributed by atoms with Crippen LogP contribution in [0, 0.1) is 18.3 Å². The van der Waals surface area contributed by atoms with E-state index in [1.165, 1.54) is 0 Å². The number of thioether (sulfide) groups is 1. The SMILES string of the molecule is Cc1ccc(C(=O)N2CCSCC2)cc1NCC(=O)NC1(C#N)CCCCC1. The summed E-state index contributed by atoms with van der Waals surface area (Å²) in [6.07, 6.45) is 4.49. The molecule has 2 amide bonds. The highest BCUT2D eigenvalue weighted by Crippen LogP contribution is 2.27. The maximum Gasteiger partial charge on any atom is 0.253 e. The Morgan fingerprint density at radius 1 is 1.21 bits per heavy atom. The smallest absolute Gasteiger partial charge is 0.253 e. The Balaban J connectivity index is 1.61. The van der Waals surface area contributed by atoms with Gasteiger partial charge in [-0.25, -0.2) is 0 Å². The molecule has 0 radical (unpaired) electrons. The highest BCUT2D eigenvalue weighted by atomic mass is 32.2. The van der Waals surface area contributed by atoms with E-state index in [1.807, 2.05) is 41.8 Å². The molecule has 1 aromatic rings. The van der Waals surface area contributed by atoms with Crippen molar-refractivity contribution < 1.29 is 9.59 Å². The van der Waals surface area contributed by atoms with Crippen LogP contribution in [0.5, 0.6) is 0 Å². The summed E-state index contributed by atoms with van der Waals surface area (Å²) < 4.78 is 0. The van der Waals surface area contributed by atoms with Crippen molar-refractivity contribution in [2.75, 3.05) is 36.5 Å². The van der Waals surface area contributed by atoms with Gasteiger partial charge in [-0.1, -0.05) is 25.3 Å². The van der Waals surface area contributed by atoms with E-state index in [1.54, 1.807) is 0 Å². The van der Waals surface area contributed by atoms with E-state index in [9.17, 15) is 14.9 Å². The zero-order valence-corrected chi connectivity index (χ0v) is 17.2. The average Bonchev–Trinajstić information content (AvgIpc) is 2.74. The Morgan fingerprint density at radius 3 is 2.61 bits per heavy atom. The van der Waals surface area contributed by atoms with Crippen LogP contribution in [0.25, 0.3) is 0 Å². The molecule has 28 heavy (non-hydrogen) atoms. The second kappa shape index (κ2) is 9.33. The van der Waals surface area contributed by atoms with E-state index < -0.39 is 5.54 Å². The van der Waals surface area contributed by atoms with Gasteiger partial charge in [0.2, 0.25) is 5.91 Å². The molecule has 1 saturated carbocycles. The van der Waals surface area contributed by atoms with E-state index in [0.29, 0.717) is 18.4 Å². The number of rotatable bonds is 5. The van der Waals surface area contributed by atoms with Gasteiger partial charge in [-0.3, -0.25) is 9.59 Å². The van der Waals surface area contributed by atoms with Crippen LogP contribution in [-0.4, -0.2) is 53.4 Å². The van der Waals surface area contributed by atoms with Gasteiger partial charge in [0.15, 0.2) is 0 Å². The first-order valence-corrected chi connectivity index (χ1v) is 11.1. The third-order valence-electron chi connectivity index (χ3n) is 5.52. The number of amides is 2. The second-order valence-electron chi connectivity index (χ2n) is 7.59. The number of nitriles is 1. The molecule has 6 nitrogen and oxygen atoms in total. The molecule has 0 bridgehead atoms. The lowest BCUT2D eigenvalue weighted by Gasteiger charge is -2.31. The molecule has 150 valence electrons. The molecule has 2 N–H and O–H groups in total. The molecular weight excluding hydrogens is 372 g/mol. The number of hydrogen-bond acceptors (Lipinski definition) is 5. The van der Waals surface area contributed by atoms with E-state index in [0.717, 1.165) is 55.1 Å². The van der Waals surface area contributed by atoms with Crippen molar-refractivity contribution in [1.82, 2.24) is 10.2 Å². The zero-order valence-electron chi connectivity index (χ0n) is 16.4. The number of carbonyl (C=O) groups is 2. The van der Waals surface area contributed by atoms with Crippen LogP contribution in [0.15, 0.2) is 18.2 Å². The van der Waals surface area contributed by atoms with Crippen LogP contribution < -0.4 is 10.6 Å². The third kappa shape index (κ3) is 4.99. The average molecular weight is 401 g/mol. The number of nitrogens with zero attached hydrogens (tertiary/aromatic N) is 2. The number of aryl methyl sites for hydroxylation is 1. The molecule has 2 aliphatic rings. The van der Waals surface area contributed by atoms with Crippen molar-refractivity contribution in [3.8, 4) is 6.07 Å². The Hall–Kier alpha value is -2.20. The summed E-state index contributed by atoms with van der Waals surface area (Å²) in [4.78, 5) is 27.0. The fourth-order valence-electron chi connectivity index (χ4n) is 3.80. The predicted octanol–water partition coefficient (Wildman–Crippen LogP) is 2.94. The van der Waals surface area contributed by atoms with Gasteiger partial charge in [-0.2, -0.15) is 17.0 Å². The normalized spacial score (nSPS) is 18.8. The van der Waals surface area contributed by atoms with E-state index in [-0.39, 0.29) is 18.4 Å². The van der Waals surface area contributed by atoms with E-state index in [2.05, 4.69) is 16.7 Å². The first-order chi connectivity index (χ1) is 13.5. The lowest BCUT2D eigenvalue weighted by atomic mass is 9.83. The van der Waals surface area contributed by atoms with Crippen LogP contribution in [0.4, 0.5) is 5.69 Å². The minimum atomic E-state index is -0.726. The predicted molar refractivity (Wildman–Crippen MR) is 112 cm³/mol. The Morgan fingerprint density at radius 2 is 1.93 bits per heavy atom. The van der Waals surface area contributed by atoms with Gasteiger partial charge < -0.3 is 15.5 Å². The van der Waals surface area contributed by atoms with Crippen molar-refractivity contribution in [3.63, 3.8) is 0 Å². The Labute approximate surface area is 171 Å². The molecule has 0 aromatic heterocycles. The van der Waals surface area contributed by atoms with Crippen LogP contribution in [0.2, 0.25) is 0 Å². The van der Waals surface area contributed by atoms with Crippen molar-refractivity contribution in [1.29, 1.82) is 5.26 Å². The molecular formula is C21H28N4O2S. The van der Waals surface area contributed by atoms with Gasteiger partial charge in [-0.15, -0.1) is 0 Å². The summed E-state index contributed by atoms with van der Waals surface area (Å²) >= 11 is 1.87. The molecule has 1 aromatic carbocycles. The highest BCUT2D eigenvalue weighted by molar-refractivity contribution is 7.99. The van der Waals surface area contributed by atoms with Crippen LogP contribution in [0.3, 0.4) is 0 Å². The summed E-state index contributed by atoms with van der Waals surface area (Å²) in [6, 6.07) is 7.88. The number of anilines is 1. The minimum absolute atomic E-state index is 0.0402.